The number of anilines is 1. The SMILES string of the molecule is C1CCOCC1.CC.CCCOCCN(CO)c1nc(OCC23CCCNC2CCC3)nc2c(F)c(-c3c(Cl)c(C)cc4[nH]ncc34)nc(OC)c12. The van der Waals surface area contributed by atoms with Gasteiger partial charge in [-0.2, -0.15) is 15.1 Å². The van der Waals surface area contributed by atoms with Gasteiger partial charge < -0.3 is 34.3 Å². The summed E-state index contributed by atoms with van der Waals surface area (Å²) in [6.45, 7) is 12.1. The number of aryl methyl sites for hydroxylation is 1. The van der Waals surface area contributed by atoms with Crippen LogP contribution in [0.15, 0.2) is 12.3 Å². The number of hydrogen-bond acceptors (Lipinski definition) is 11. The van der Waals surface area contributed by atoms with Gasteiger partial charge in [0.15, 0.2) is 11.6 Å². The molecule has 12 nitrogen and oxygen atoms in total. The summed E-state index contributed by atoms with van der Waals surface area (Å²) in [6, 6.07) is 2.24. The van der Waals surface area contributed by atoms with E-state index in [9.17, 15) is 5.11 Å². The highest BCUT2D eigenvalue weighted by molar-refractivity contribution is 6.35. The van der Waals surface area contributed by atoms with E-state index in [1.54, 1.807) is 11.1 Å². The van der Waals surface area contributed by atoms with Crippen LogP contribution in [0.5, 0.6) is 11.9 Å². The molecular formula is C38H55ClFN7O5. The molecule has 0 spiro atoms. The number of methoxy groups -OCH3 is 1. The Hall–Kier alpha value is -3.36. The van der Waals surface area contributed by atoms with Gasteiger partial charge in [0.05, 0.1) is 37.1 Å². The molecule has 1 aromatic carbocycles. The van der Waals surface area contributed by atoms with E-state index in [1.165, 1.54) is 26.4 Å². The zero-order valence-corrected chi connectivity index (χ0v) is 32.1. The van der Waals surface area contributed by atoms with Crippen LogP contribution >= 0.6 is 11.6 Å². The largest absolute Gasteiger partial charge is 0.480 e. The van der Waals surface area contributed by atoms with Crippen LogP contribution in [-0.2, 0) is 9.47 Å². The van der Waals surface area contributed by atoms with Crippen LogP contribution < -0.4 is 19.7 Å². The average Bonchev–Trinajstić information content (AvgIpc) is 3.84. The topological polar surface area (TPSA) is 140 Å². The number of halogens is 2. The number of hydrogen-bond donors (Lipinski definition) is 3. The number of aliphatic hydroxyl groups is 1. The molecule has 0 bridgehead atoms. The third-order valence-electron chi connectivity index (χ3n) is 10.0. The van der Waals surface area contributed by atoms with Crippen molar-refractivity contribution < 1.29 is 28.4 Å². The molecule has 2 atom stereocenters. The van der Waals surface area contributed by atoms with Crippen molar-refractivity contribution >= 4 is 39.2 Å². The second kappa shape index (κ2) is 19.1. The van der Waals surface area contributed by atoms with E-state index in [4.69, 9.17) is 35.5 Å². The predicted molar refractivity (Wildman–Crippen MR) is 203 cm³/mol. The van der Waals surface area contributed by atoms with Gasteiger partial charge in [0.2, 0.25) is 5.88 Å². The number of aromatic nitrogens is 5. The van der Waals surface area contributed by atoms with E-state index in [-0.39, 0.29) is 39.7 Å². The number of ether oxygens (including phenoxy) is 4. The molecule has 0 amide bonds. The standard InChI is InChI=1S/C31H39ClFN7O4.C5H10O.C2H6/c1-4-12-43-13-11-40(17-41)28-23-27(37-30(38-28)44-16-31-8-5-7-21(31)34-10-6-9-31)25(33)26(36-29(23)42-3)22-19-15-35-39-20(19)14-18(2)24(22)32;1-2-4-6-5-3-1;1-2/h14-15,21,34,41H,4-13,16-17H2,1-3H3,(H,35,39);1-5H2;1-2H3. The number of piperidine rings is 1. The van der Waals surface area contributed by atoms with Crippen molar-refractivity contribution in [3.05, 3.63) is 28.7 Å². The first kappa shape index (κ1) is 39.8. The highest BCUT2D eigenvalue weighted by atomic mass is 35.5. The molecule has 2 unspecified atom stereocenters. The van der Waals surface area contributed by atoms with Gasteiger partial charge >= 0.3 is 6.01 Å². The molecule has 2 saturated heterocycles. The van der Waals surface area contributed by atoms with E-state index < -0.39 is 12.5 Å². The van der Waals surface area contributed by atoms with Crippen molar-refractivity contribution in [2.24, 2.45) is 5.41 Å². The van der Waals surface area contributed by atoms with Gasteiger partial charge in [-0.15, -0.1) is 0 Å². The summed E-state index contributed by atoms with van der Waals surface area (Å²) in [4.78, 5) is 15.5. The molecule has 286 valence electrons. The van der Waals surface area contributed by atoms with E-state index in [2.05, 4.69) is 25.5 Å². The number of fused-ring (bicyclic) bond motifs is 3. The zero-order chi connectivity index (χ0) is 37.1. The van der Waals surface area contributed by atoms with Gasteiger partial charge in [-0.25, -0.2) is 9.37 Å². The van der Waals surface area contributed by atoms with Gasteiger partial charge in [-0.3, -0.25) is 5.10 Å². The summed E-state index contributed by atoms with van der Waals surface area (Å²) in [5.74, 6) is -0.375. The lowest BCUT2D eigenvalue weighted by molar-refractivity contribution is 0.0798. The maximum atomic E-state index is 16.8. The summed E-state index contributed by atoms with van der Waals surface area (Å²) in [7, 11) is 1.45. The Bertz CT molecular complexity index is 1750. The minimum Gasteiger partial charge on any atom is -0.480 e. The van der Waals surface area contributed by atoms with Crippen LogP contribution in [0, 0.1) is 18.2 Å². The maximum Gasteiger partial charge on any atom is 0.319 e. The number of nitrogens with zero attached hydrogens (tertiary/aromatic N) is 5. The van der Waals surface area contributed by atoms with Gasteiger partial charge in [0.1, 0.15) is 23.3 Å². The van der Waals surface area contributed by atoms with Crippen LogP contribution in [0.2, 0.25) is 5.02 Å². The molecule has 3 fully saturated rings. The van der Waals surface area contributed by atoms with Crippen LogP contribution in [0.3, 0.4) is 0 Å². The van der Waals surface area contributed by atoms with Crippen LogP contribution in [-0.4, -0.2) is 96.3 Å². The first-order chi connectivity index (χ1) is 25.4. The van der Waals surface area contributed by atoms with Gasteiger partial charge in [0, 0.05) is 48.8 Å². The summed E-state index contributed by atoms with van der Waals surface area (Å²) in [5.41, 5.74) is 1.71. The van der Waals surface area contributed by atoms with E-state index >= 15 is 4.39 Å². The molecule has 7 rings (SSSR count). The summed E-state index contributed by atoms with van der Waals surface area (Å²) >= 11 is 6.78. The second-order valence-corrected chi connectivity index (χ2v) is 13.8. The van der Waals surface area contributed by atoms with Crippen LogP contribution in [0.1, 0.15) is 84.1 Å². The number of H-pyrrole nitrogens is 1. The normalized spacial score (nSPS) is 19.7. The quantitative estimate of drug-likeness (QED) is 0.0990. The van der Waals surface area contributed by atoms with Crippen molar-refractivity contribution in [3.63, 3.8) is 0 Å². The highest BCUT2D eigenvalue weighted by Gasteiger charge is 2.45. The zero-order valence-electron chi connectivity index (χ0n) is 31.3. The fourth-order valence-corrected chi connectivity index (χ4v) is 7.67. The molecule has 4 aromatic rings. The summed E-state index contributed by atoms with van der Waals surface area (Å²) in [5, 5.41) is 22.3. The molecule has 3 aromatic heterocycles. The van der Waals surface area contributed by atoms with Gasteiger partial charge in [-0.05, 0) is 76.5 Å². The Morgan fingerprint density at radius 3 is 2.58 bits per heavy atom. The average molecular weight is 744 g/mol. The molecule has 1 aliphatic carbocycles. The number of rotatable bonds is 12. The van der Waals surface area contributed by atoms with Crippen LogP contribution in [0.4, 0.5) is 10.2 Å². The Labute approximate surface area is 311 Å². The number of aromatic amines is 1. The first-order valence-electron chi connectivity index (χ1n) is 18.9. The van der Waals surface area contributed by atoms with E-state index in [1.807, 2.05) is 33.8 Å². The fourth-order valence-electron chi connectivity index (χ4n) is 7.42. The van der Waals surface area contributed by atoms with Crippen molar-refractivity contribution in [1.82, 2.24) is 30.5 Å². The monoisotopic (exact) mass is 743 g/mol. The molecule has 3 aliphatic rings. The Kier molecular flexibility index (Phi) is 14.6. The van der Waals surface area contributed by atoms with Crippen molar-refractivity contribution in [2.75, 3.05) is 64.9 Å². The molecular weight excluding hydrogens is 689 g/mol. The van der Waals surface area contributed by atoms with Gasteiger partial charge in [-0.1, -0.05) is 38.8 Å². The van der Waals surface area contributed by atoms with Gasteiger partial charge in [0.25, 0.3) is 0 Å². The molecule has 52 heavy (non-hydrogen) atoms. The maximum absolute atomic E-state index is 16.8. The Morgan fingerprint density at radius 2 is 1.88 bits per heavy atom. The number of nitrogens with one attached hydrogen (secondary N) is 2. The minimum atomic E-state index is -0.708. The lowest BCUT2D eigenvalue weighted by atomic mass is 9.76. The third-order valence-corrected chi connectivity index (χ3v) is 10.5. The van der Waals surface area contributed by atoms with Crippen molar-refractivity contribution in [1.29, 1.82) is 0 Å². The number of pyridine rings is 1. The predicted octanol–water partition coefficient (Wildman–Crippen LogP) is 7.37. The van der Waals surface area contributed by atoms with Crippen molar-refractivity contribution in [2.45, 2.75) is 91.5 Å². The molecule has 2 aliphatic heterocycles. The molecule has 0 radical (unpaired) electrons. The molecule has 1 saturated carbocycles. The Balaban J connectivity index is 0.000000586. The number of aliphatic hydroxyl groups excluding tert-OH is 1. The number of benzene rings is 1. The van der Waals surface area contributed by atoms with E-state index in [0.29, 0.717) is 53.9 Å². The second-order valence-electron chi connectivity index (χ2n) is 13.4. The van der Waals surface area contributed by atoms with E-state index in [0.717, 1.165) is 63.8 Å². The molecule has 3 N–H and O–H groups in total. The minimum absolute atomic E-state index is 0.0212. The lowest BCUT2D eigenvalue weighted by Gasteiger charge is -2.39. The fraction of sp³-hybridized carbons (Fsp3) is 0.632. The molecule has 14 heteroatoms. The highest BCUT2D eigenvalue weighted by Crippen LogP contribution is 2.46. The van der Waals surface area contributed by atoms with Crippen LogP contribution in [0.25, 0.3) is 33.1 Å². The Morgan fingerprint density at radius 1 is 1.10 bits per heavy atom. The molecule has 5 heterocycles. The van der Waals surface area contributed by atoms with Crippen molar-refractivity contribution in [3.8, 4) is 23.1 Å². The third kappa shape index (κ3) is 8.71. The first-order valence-corrected chi connectivity index (χ1v) is 19.2. The lowest BCUT2D eigenvalue weighted by Crippen LogP contribution is -2.49. The smallest absolute Gasteiger partial charge is 0.319 e. The summed E-state index contributed by atoms with van der Waals surface area (Å²) < 4.78 is 39.7. The summed E-state index contributed by atoms with van der Waals surface area (Å²) in [6.07, 6.45) is 11.8.